The average Bonchev–Trinajstić information content (AvgIpc) is 2.16. The molecule has 13 heavy (non-hydrogen) atoms. The molecule has 0 atom stereocenters. The molecule has 0 fully saturated rings. The number of rotatable bonds is 4. The molecular weight excluding hydrogens is 164 g/mol. The minimum atomic E-state index is 0.469. The summed E-state index contributed by atoms with van der Waals surface area (Å²) in [5.41, 5.74) is 5.45. The molecule has 1 aromatic heterocycles. The van der Waals surface area contributed by atoms with Gasteiger partial charge < -0.3 is 10.6 Å². The molecule has 0 radical (unpaired) electrons. The van der Waals surface area contributed by atoms with E-state index in [0.29, 0.717) is 5.82 Å². The van der Waals surface area contributed by atoms with E-state index in [-0.39, 0.29) is 0 Å². The fraction of sp³-hybridized carbons (Fsp3) is 0.556. The van der Waals surface area contributed by atoms with E-state index in [2.05, 4.69) is 28.9 Å². The third kappa shape index (κ3) is 2.57. The summed E-state index contributed by atoms with van der Waals surface area (Å²) in [6, 6.07) is 3.68. The van der Waals surface area contributed by atoms with E-state index >= 15 is 0 Å². The second-order valence-corrected chi connectivity index (χ2v) is 2.90. The molecule has 1 rings (SSSR count). The molecule has 0 aromatic carbocycles. The fourth-order valence-corrected chi connectivity index (χ4v) is 1.21. The fourth-order valence-electron chi connectivity index (χ4n) is 1.21. The van der Waals surface area contributed by atoms with Crippen LogP contribution in [0.25, 0.3) is 0 Å². The van der Waals surface area contributed by atoms with Gasteiger partial charge in [-0.05, 0) is 25.5 Å². The summed E-state index contributed by atoms with van der Waals surface area (Å²) in [5, 5.41) is 7.84. The average molecular weight is 180 g/mol. The molecule has 0 amide bonds. The van der Waals surface area contributed by atoms with Gasteiger partial charge in [0.05, 0.1) is 0 Å². The van der Waals surface area contributed by atoms with Gasteiger partial charge in [0, 0.05) is 13.1 Å². The Morgan fingerprint density at radius 3 is 2.54 bits per heavy atom. The normalized spacial score (nSPS) is 10.0. The summed E-state index contributed by atoms with van der Waals surface area (Å²) in [4.78, 5) is 2.17. The van der Waals surface area contributed by atoms with Crippen LogP contribution in [0.15, 0.2) is 12.1 Å². The first kappa shape index (κ1) is 9.77. The zero-order valence-corrected chi connectivity index (χ0v) is 8.20. The number of hydrogen-bond acceptors (Lipinski definition) is 4. The predicted molar refractivity (Wildman–Crippen MR) is 54.6 cm³/mol. The third-order valence-electron chi connectivity index (χ3n) is 1.87. The first-order chi connectivity index (χ1) is 6.27. The first-order valence-corrected chi connectivity index (χ1v) is 4.62. The van der Waals surface area contributed by atoms with Crippen LogP contribution in [0, 0.1) is 0 Å². The van der Waals surface area contributed by atoms with Crippen molar-refractivity contribution in [3.63, 3.8) is 0 Å². The van der Waals surface area contributed by atoms with Gasteiger partial charge in [0.1, 0.15) is 5.82 Å². The summed E-state index contributed by atoms with van der Waals surface area (Å²) < 4.78 is 0. The molecular formula is C9H16N4. The molecule has 0 saturated carbocycles. The molecule has 0 unspecified atom stereocenters. The third-order valence-corrected chi connectivity index (χ3v) is 1.87. The van der Waals surface area contributed by atoms with Gasteiger partial charge in [0.15, 0.2) is 5.82 Å². The zero-order chi connectivity index (χ0) is 9.68. The molecule has 0 bridgehead atoms. The van der Waals surface area contributed by atoms with Crippen molar-refractivity contribution in [2.75, 3.05) is 23.7 Å². The van der Waals surface area contributed by atoms with E-state index in [9.17, 15) is 0 Å². The smallest absolute Gasteiger partial charge is 0.151 e. The molecule has 4 heteroatoms. The molecule has 72 valence electrons. The Bertz CT molecular complexity index is 244. The van der Waals surface area contributed by atoms with Crippen molar-refractivity contribution in [2.45, 2.75) is 20.3 Å². The Hall–Kier alpha value is -1.32. The highest BCUT2D eigenvalue weighted by atomic mass is 15.3. The lowest BCUT2D eigenvalue weighted by Crippen LogP contribution is -2.24. The highest BCUT2D eigenvalue weighted by Crippen LogP contribution is 2.09. The van der Waals surface area contributed by atoms with E-state index < -0.39 is 0 Å². The Morgan fingerprint density at radius 2 is 2.08 bits per heavy atom. The van der Waals surface area contributed by atoms with Crippen LogP contribution < -0.4 is 10.6 Å². The monoisotopic (exact) mass is 180 g/mol. The van der Waals surface area contributed by atoms with E-state index in [1.54, 1.807) is 6.07 Å². The SMILES string of the molecule is CCCN(CC)c1ccc(N)nn1. The lowest BCUT2D eigenvalue weighted by Gasteiger charge is -2.20. The summed E-state index contributed by atoms with van der Waals surface area (Å²) in [5.74, 6) is 1.37. The summed E-state index contributed by atoms with van der Waals surface area (Å²) in [6.07, 6.45) is 1.11. The lowest BCUT2D eigenvalue weighted by atomic mass is 10.4. The molecule has 0 saturated heterocycles. The molecule has 0 aliphatic rings. The van der Waals surface area contributed by atoms with E-state index in [4.69, 9.17) is 5.73 Å². The van der Waals surface area contributed by atoms with Crippen molar-refractivity contribution >= 4 is 11.6 Å². The zero-order valence-electron chi connectivity index (χ0n) is 8.20. The Kier molecular flexibility index (Phi) is 3.49. The van der Waals surface area contributed by atoms with Gasteiger partial charge in [0.25, 0.3) is 0 Å². The van der Waals surface area contributed by atoms with Gasteiger partial charge in [-0.2, -0.15) is 0 Å². The van der Waals surface area contributed by atoms with Crippen molar-refractivity contribution in [3.05, 3.63) is 12.1 Å². The molecule has 0 aliphatic carbocycles. The molecule has 4 nitrogen and oxygen atoms in total. The largest absolute Gasteiger partial charge is 0.382 e. The van der Waals surface area contributed by atoms with Crippen LogP contribution in [0.3, 0.4) is 0 Å². The number of aromatic nitrogens is 2. The van der Waals surface area contributed by atoms with Crippen molar-refractivity contribution in [3.8, 4) is 0 Å². The molecule has 0 aliphatic heterocycles. The Labute approximate surface area is 78.8 Å². The Morgan fingerprint density at radius 1 is 1.31 bits per heavy atom. The maximum atomic E-state index is 5.45. The summed E-state index contributed by atoms with van der Waals surface area (Å²) >= 11 is 0. The van der Waals surface area contributed by atoms with Gasteiger partial charge >= 0.3 is 0 Å². The number of nitrogen functional groups attached to an aromatic ring is 1. The van der Waals surface area contributed by atoms with E-state index in [1.807, 2.05) is 6.07 Å². The topological polar surface area (TPSA) is 55.0 Å². The van der Waals surface area contributed by atoms with Crippen LogP contribution in [-0.4, -0.2) is 23.3 Å². The van der Waals surface area contributed by atoms with Crippen molar-refractivity contribution < 1.29 is 0 Å². The minimum absolute atomic E-state index is 0.469. The van der Waals surface area contributed by atoms with Crippen LogP contribution in [-0.2, 0) is 0 Å². The van der Waals surface area contributed by atoms with Gasteiger partial charge in [-0.3, -0.25) is 0 Å². The van der Waals surface area contributed by atoms with Crippen molar-refractivity contribution in [2.24, 2.45) is 0 Å². The second-order valence-electron chi connectivity index (χ2n) is 2.90. The van der Waals surface area contributed by atoms with Gasteiger partial charge in [0.2, 0.25) is 0 Å². The first-order valence-electron chi connectivity index (χ1n) is 4.62. The highest BCUT2D eigenvalue weighted by molar-refractivity contribution is 5.40. The number of hydrogen-bond donors (Lipinski definition) is 1. The molecule has 2 N–H and O–H groups in total. The van der Waals surface area contributed by atoms with Gasteiger partial charge in [-0.25, -0.2) is 0 Å². The lowest BCUT2D eigenvalue weighted by molar-refractivity contribution is 0.768. The van der Waals surface area contributed by atoms with E-state index in [0.717, 1.165) is 25.3 Å². The quantitative estimate of drug-likeness (QED) is 0.758. The molecule has 0 spiro atoms. The predicted octanol–water partition coefficient (Wildman–Crippen LogP) is 1.30. The highest BCUT2D eigenvalue weighted by Gasteiger charge is 2.03. The number of anilines is 2. The van der Waals surface area contributed by atoms with E-state index in [1.165, 1.54) is 0 Å². The maximum absolute atomic E-state index is 5.45. The van der Waals surface area contributed by atoms with Gasteiger partial charge in [-0.15, -0.1) is 10.2 Å². The number of nitrogens with zero attached hydrogens (tertiary/aromatic N) is 3. The van der Waals surface area contributed by atoms with Crippen LogP contribution in [0.1, 0.15) is 20.3 Å². The summed E-state index contributed by atoms with van der Waals surface area (Å²) in [7, 11) is 0. The van der Waals surface area contributed by atoms with Crippen LogP contribution in [0.4, 0.5) is 11.6 Å². The van der Waals surface area contributed by atoms with Crippen molar-refractivity contribution in [1.29, 1.82) is 0 Å². The molecule has 1 aromatic rings. The standard InChI is InChI=1S/C9H16N4/c1-3-7-13(4-2)9-6-5-8(10)11-12-9/h5-6H,3-4,7H2,1-2H3,(H2,10,11). The number of nitrogens with two attached hydrogens (primary N) is 1. The molecule has 1 heterocycles. The Balaban J connectivity index is 2.73. The van der Waals surface area contributed by atoms with Crippen LogP contribution in [0.5, 0.6) is 0 Å². The maximum Gasteiger partial charge on any atom is 0.151 e. The van der Waals surface area contributed by atoms with Gasteiger partial charge in [-0.1, -0.05) is 6.92 Å². The second kappa shape index (κ2) is 4.64. The van der Waals surface area contributed by atoms with Crippen molar-refractivity contribution in [1.82, 2.24) is 10.2 Å². The van der Waals surface area contributed by atoms with Crippen LogP contribution >= 0.6 is 0 Å². The minimum Gasteiger partial charge on any atom is -0.382 e. The van der Waals surface area contributed by atoms with Crippen LogP contribution in [0.2, 0.25) is 0 Å². The summed E-state index contributed by atoms with van der Waals surface area (Å²) in [6.45, 7) is 6.21.